The predicted molar refractivity (Wildman–Crippen MR) is 95.9 cm³/mol. The molecule has 2 heterocycles. The summed E-state index contributed by atoms with van der Waals surface area (Å²) in [5.41, 5.74) is 0.492. The number of nitriles is 1. The van der Waals surface area contributed by atoms with Crippen LogP contribution in [0.25, 0.3) is 5.82 Å². The Morgan fingerprint density at radius 3 is 2.57 bits per heavy atom. The van der Waals surface area contributed by atoms with E-state index in [4.69, 9.17) is 16.9 Å². The van der Waals surface area contributed by atoms with Crippen molar-refractivity contribution in [2.24, 2.45) is 0 Å². The van der Waals surface area contributed by atoms with Gasteiger partial charge in [-0.3, -0.25) is 9.36 Å². The van der Waals surface area contributed by atoms with Gasteiger partial charge in [0.25, 0.3) is 5.91 Å². The smallest absolute Gasteiger partial charge is 0.347 e. The third-order valence-electron chi connectivity index (χ3n) is 3.89. The molecule has 0 unspecified atom stereocenters. The Bertz CT molecular complexity index is 1050. The van der Waals surface area contributed by atoms with Gasteiger partial charge in [-0.25, -0.2) is 4.98 Å². The zero-order valence-electron chi connectivity index (χ0n) is 14.2. The number of nitrogens with zero attached hydrogens (tertiary/aromatic N) is 3. The highest BCUT2D eigenvalue weighted by Crippen LogP contribution is 2.32. The van der Waals surface area contributed by atoms with Crippen molar-refractivity contribution in [3.8, 4) is 11.9 Å². The molecule has 0 saturated carbocycles. The molecule has 28 heavy (non-hydrogen) atoms. The van der Waals surface area contributed by atoms with Crippen LogP contribution in [0.4, 0.5) is 13.2 Å². The number of alkyl halides is 3. The van der Waals surface area contributed by atoms with Gasteiger partial charge in [0.1, 0.15) is 5.69 Å². The first kappa shape index (κ1) is 19.5. The lowest BCUT2D eigenvalue weighted by atomic mass is 10.1. The second kappa shape index (κ2) is 7.74. The first-order chi connectivity index (χ1) is 13.3. The van der Waals surface area contributed by atoms with E-state index in [1.807, 2.05) is 6.07 Å². The molecule has 0 aliphatic heterocycles. The van der Waals surface area contributed by atoms with Crippen LogP contribution in [0.3, 0.4) is 0 Å². The summed E-state index contributed by atoms with van der Waals surface area (Å²) in [6.45, 7) is 0.212. The molecular formula is C19H12ClF3N4O. The molecule has 0 aliphatic carbocycles. The Morgan fingerprint density at radius 1 is 1.25 bits per heavy atom. The van der Waals surface area contributed by atoms with Crippen molar-refractivity contribution in [1.82, 2.24) is 14.9 Å². The molecule has 0 fully saturated rings. The molecule has 0 spiro atoms. The number of hydrogen-bond donors (Lipinski definition) is 1. The summed E-state index contributed by atoms with van der Waals surface area (Å²) in [6.07, 6.45) is -2.41. The first-order valence-corrected chi connectivity index (χ1v) is 8.35. The normalized spacial score (nSPS) is 11.1. The third-order valence-corrected chi connectivity index (χ3v) is 4.17. The fourth-order valence-electron chi connectivity index (χ4n) is 2.48. The van der Waals surface area contributed by atoms with Gasteiger partial charge in [-0.05, 0) is 35.9 Å². The molecular weight excluding hydrogens is 393 g/mol. The van der Waals surface area contributed by atoms with E-state index in [-0.39, 0.29) is 23.1 Å². The van der Waals surface area contributed by atoms with Crippen molar-refractivity contribution in [3.63, 3.8) is 0 Å². The molecule has 1 amide bonds. The van der Waals surface area contributed by atoms with Gasteiger partial charge in [0.15, 0.2) is 5.82 Å². The van der Waals surface area contributed by atoms with Crippen LogP contribution in [0.1, 0.15) is 27.2 Å². The fourth-order valence-corrected chi connectivity index (χ4v) is 2.74. The van der Waals surface area contributed by atoms with Crippen molar-refractivity contribution >= 4 is 17.5 Å². The van der Waals surface area contributed by atoms with Gasteiger partial charge in [0.2, 0.25) is 0 Å². The topological polar surface area (TPSA) is 70.7 Å². The number of amides is 1. The number of benzene rings is 1. The summed E-state index contributed by atoms with van der Waals surface area (Å²) in [5, 5.41) is 11.3. The summed E-state index contributed by atoms with van der Waals surface area (Å²) in [5.74, 6) is -0.435. The number of aromatic nitrogens is 2. The minimum Gasteiger partial charge on any atom is -0.347 e. The van der Waals surface area contributed by atoms with Crippen molar-refractivity contribution in [3.05, 3.63) is 82.3 Å². The lowest BCUT2D eigenvalue weighted by Gasteiger charge is -2.12. The van der Waals surface area contributed by atoms with Crippen LogP contribution in [-0.2, 0) is 12.7 Å². The van der Waals surface area contributed by atoms with E-state index in [2.05, 4.69) is 10.3 Å². The summed E-state index contributed by atoms with van der Waals surface area (Å²) in [7, 11) is 0. The molecule has 1 N–H and O–H groups in total. The minimum absolute atomic E-state index is 0.0168. The van der Waals surface area contributed by atoms with Crippen molar-refractivity contribution in [2.45, 2.75) is 12.7 Å². The molecule has 3 aromatic rings. The van der Waals surface area contributed by atoms with Gasteiger partial charge in [-0.15, -0.1) is 0 Å². The van der Waals surface area contributed by atoms with Gasteiger partial charge < -0.3 is 5.32 Å². The molecule has 0 atom stereocenters. The Hall–Kier alpha value is -3.31. The maximum atomic E-state index is 12.8. The van der Waals surface area contributed by atoms with Crippen LogP contribution < -0.4 is 5.32 Å². The van der Waals surface area contributed by atoms with E-state index in [9.17, 15) is 18.0 Å². The van der Waals surface area contributed by atoms with Gasteiger partial charge in [-0.1, -0.05) is 23.7 Å². The standard InChI is InChI=1S/C19H12ClF3N4O/c20-15-8-14(19(21,22)23)11-25-17(15)27-7-1-2-16(27)18(28)26-10-13-5-3-12(9-24)4-6-13/h1-8,11H,10H2,(H,26,28). The molecule has 142 valence electrons. The molecule has 0 aliphatic rings. The highest BCUT2D eigenvalue weighted by Gasteiger charge is 2.32. The second-order valence-electron chi connectivity index (χ2n) is 5.78. The number of rotatable bonds is 4. The molecule has 3 rings (SSSR count). The van der Waals surface area contributed by atoms with E-state index in [1.54, 1.807) is 30.3 Å². The monoisotopic (exact) mass is 404 g/mol. The van der Waals surface area contributed by atoms with Crippen LogP contribution in [0, 0.1) is 11.3 Å². The fraction of sp³-hybridized carbons (Fsp3) is 0.105. The maximum absolute atomic E-state index is 12.8. The van der Waals surface area contributed by atoms with E-state index >= 15 is 0 Å². The Balaban J connectivity index is 1.79. The highest BCUT2D eigenvalue weighted by atomic mass is 35.5. The SMILES string of the molecule is N#Cc1ccc(CNC(=O)c2cccn2-c2ncc(C(F)(F)F)cc2Cl)cc1. The van der Waals surface area contributed by atoms with Crippen molar-refractivity contribution in [2.75, 3.05) is 0 Å². The van der Waals surface area contributed by atoms with Gasteiger partial charge >= 0.3 is 6.18 Å². The molecule has 0 radical (unpaired) electrons. The summed E-state index contributed by atoms with van der Waals surface area (Å²) < 4.78 is 39.6. The number of nitrogens with one attached hydrogen (secondary N) is 1. The molecule has 1 aromatic carbocycles. The van der Waals surface area contributed by atoms with Crippen molar-refractivity contribution < 1.29 is 18.0 Å². The summed E-state index contributed by atoms with van der Waals surface area (Å²) in [6, 6.07) is 12.5. The highest BCUT2D eigenvalue weighted by molar-refractivity contribution is 6.32. The van der Waals surface area contributed by atoms with Gasteiger partial charge in [0, 0.05) is 18.9 Å². The number of hydrogen-bond acceptors (Lipinski definition) is 3. The Morgan fingerprint density at radius 2 is 1.96 bits per heavy atom. The maximum Gasteiger partial charge on any atom is 0.417 e. The molecule has 9 heteroatoms. The Kier molecular flexibility index (Phi) is 5.38. The van der Waals surface area contributed by atoms with E-state index in [1.165, 1.54) is 16.8 Å². The van der Waals surface area contributed by atoms with Crippen LogP contribution in [0.15, 0.2) is 54.9 Å². The molecule has 0 saturated heterocycles. The second-order valence-corrected chi connectivity index (χ2v) is 6.19. The van der Waals surface area contributed by atoms with Crippen LogP contribution in [-0.4, -0.2) is 15.5 Å². The number of carbonyl (C=O) groups excluding carboxylic acids is 1. The van der Waals surface area contributed by atoms with Crippen LogP contribution in [0.5, 0.6) is 0 Å². The molecule has 2 aromatic heterocycles. The predicted octanol–water partition coefficient (Wildman–Crippen LogP) is 4.35. The van der Waals surface area contributed by atoms with E-state index in [0.717, 1.165) is 11.6 Å². The third kappa shape index (κ3) is 4.15. The number of halogens is 4. The summed E-state index contributed by atoms with van der Waals surface area (Å²) >= 11 is 5.96. The van der Waals surface area contributed by atoms with Gasteiger partial charge in [-0.2, -0.15) is 18.4 Å². The lowest BCUT2D eigenvalue weighted by Crippen LogP contribution is -2.25. The van der Waals surface area contributed by atoms with Crippen LogP contribution in [0.2, 0.25) is 5.02 Å². The Labute approximate surface area is 163 Å². The minimum atomic E-state index is -4.56. The molecule has 0 bridgehead atoms. The average Bonchev–Trinajstić information content (AvgIpc) is 3.15. The number of pyridine rings is 1. The lowest BCUT2D eigenvalue weighted by molar-refractivity contribution is -0.137. The zero-order valence-corrected chi connectivity index (χ0v) is 14.9. The average molecular weight is 405 g/mol. The largest absolute Gasteiger partial charge is 0.417 e. The van der Waals surface area contributed by atoms with Crippen molar-refractivity contribution in [1.29, 1.82) is 5.26 Å². The quantitative estimate of drug-likeness (QED) is 0.703. The first-order valence-electron chi connectivity index (χ1n) is 7.97. The van der Waals surface area contributed by atoms with Crippen LogP contribution >= 0.6 is 11.6 Å². The molecule has 5 nitrogen and oxygen atoms in total. The van der Waals surface area contributed by atoms with E-state index in [0.29, 0.717) is 11.8 Å². The van der Waals surface area contributed by atoms with E-state index < -0.39 is 17.6 Å². The zero-order chi connectivity index (χ0) is 20.3. The van der Waals surface area contributed by atoms with Gasteiger partial charge in [0.05, 0.1) is 22.2 Å². The summed E-state index contributed by atoms with van der Waals surface area (Å²) in [4.78, 5) is 16.3. The number of carbonyl (C=O) groups is 1.